The zero-order chi connectivity index (χ0) is 43.1. The maximum absolute atomic E-state index is 13.8. The Kier molecular flexibility index (Phi) is 16.6. The first-order valence-corrected chi connectivity index (χ1v) is 19.9. The van der Waals surface area contributed by atoms with Gasteiger partial charge < -0.3 is 29.2 Å². The molecule has 5 rings (SSSR count). The Balaban J connectivity index is 1.13. The van der Waals surface area contributed by atoms with Crippen LogP contribution in [0.25, 0.3) is 0 Å². The van der Waals surface area contributed by atoms with Gasteiger partial charge in [-0.15, -0.1) is 0 Å². The third kappa shape index (κ3) is 14.7. The summed E-state index contributed by atoms with van der Waals surface area (Å²) in [7, 11) is 1.91. The lowest BCUT2D eigenvalue weighted by molar-refractivity contribution is -0.428. The summed E-state index contributed by atoms with van der Waals surface area (Å²) in [5.74, 6) is -1.52. The number of azo groups is 2. The molecule has 2 aliphatic heterocycles. The minimum Gasteiger partial charge on any atom is -0.460 e. The second-order valence-corrected chi connectivity index (χ2v) is 15.2. The number of halogens is 3. The summed E-state index contributed by atoms with van der Waals surface area (Å²) in [6, 6.07) is 15.0. The highest BCUT2D eigenvalue weighted by atomic mass is 19.4. The van der Waals surface area contributed by atoms with Crippen molar-refractivity contribution in [3.8, 4) is 0 Å². The number of alkyl halides is 3. The van der Waals surface area contributed by atoms with Crippen molar-refractivity contribution in [2.45, 2.75) is 64.8 Å². The molecule has 14 nitrogen and oxygen atoms in total. The van der Waals surface area contributed by atoms with Crippen LogP contribution in [0.5, 0.6) is 0 Å². The van der Waals surface area contributed by atoms with Crippen molar-refractivity contribution >= 4 is 40.7 Å². The van der Waals surface area contributed by atoms with E-state index in [1.807, 2.05) is 44.9 Å². The van der Waals surface area contributed by atoms with Gasteiger partial charge >= 0.3 is 12.1 Å². The van der Waals surface area contributed by atoms with Crippen LogP contribution in [0.4, 0.5) is 30.2 Å². The Bertz CT molecular complexity index is 2040. The van der Waals surface area contributed by atoms with Gasteiger partial charge in [0.2, 0.25) is 17.7 Å². The Hall–Kier alpha value is -5.36. The topological polar surface area (TPSA) is 147 Å². The molecule has 0 atom stereocenters. The lowest BCUT2D eigenvalue weighted by atomic mass is 10.1. The van der Waals surface area contributed by atoms with E-state index >= 15 is 0 Å². The predicted octanol–water partition coefficient (Wildman–Crippen LogP) is 7.42. The Morgan fingerprint density at radius 1 is 0.883 bits per heavy atom. The van der Waals surface area contributed by atoms with Crippen LogP contribution in [0, 0.1) is 0 Å². The Morgan fingerprint density at radius 2 is 1.58 bits per heavy atom. The summed E-state index contributed by atoms with van der Waals surface area (Å²) in [6.07, 6.45) is 1.64. The van der Waals surface area contributed by atoms with Crippen molar-refractivity contribution in [3.05, 3.63) is 95.5 Å². The number of ether oxygens (including phenoxy) is 4. The van der Waals surface area contributed by atoms with Gasteiger partial charge in [-0.3, -0.25) is 19.3 Å². The molecular formula is C43H53F3N7O7+. The van der Waals surface area contributed by atoms with E-state index in [1.165, 1.54) is 29.1 Å². The van der Waals surface area contributed by atoms with Gasteiger partial charge in [-0.1, -0.05) is 16.8 Å². The molecule has 3 heterocycles. The molecule has 0 unspecified atom stereocenters. The van der Waals surface area contributed by atoms with Crippen LogP contribution in [-0.2, 0) is 36.5 Å². The second kappa shape index (κ2) is 21.8. The number of aromatic nitrogens is 1. The van der Waals surface area contributed by atoms with E-state index in [0.29, 0.717) is 51.8 Å². The maximum Gasteiger partial charge on any atom is 0.416 e. The SMILES string of the molecule is CN(CCOCCOCCOCCC(=O)OC(C)(C)C)Cc1cccc(C(=O)Nc2ccc(N3CCCCC3)cc2C(=O)N=C2C=C[N+](c3cccc(C(F)(F)F)c3)=N2)n1. The van der Waals surface area contributed by atoms with Crippen LogP contribution in [0.2, 0.25) is 0 Å². The van der Waals surface area contributed by atoms with E-state index in [1.54, 1.807) is 24.3 Å². The highest BCUT2D eigenvalue weighted by Crippen LogP contribution is 2.32. The minimum absolute atomic E-state index is 0.00869. The highest BCUT2D eigenvalue weighted by molar-refractivity contribution is 6.12. The molecule has 2 aromatic carbocycles. The largest absolute Gasteiger partial charge is 0.460 e. The standard InChI is InChI=1S/C43H52F3N7O7/c1-42(2,3)60-39(54)17-22-57-24-26-59-27-25-58-23-21-51(4)30-32-11-9-13-37(47-32)41(56)48-36-15-14-33(52-18-6-5-7-19-52)29-35(36)40(55)49-38-16-20-53(50-38)34-12-8-10-31(28-34)43(44,45)46/h8-16,20,28-29H,5-7,17-19,21-27,30H2,1-4H3/p+1. The van der Waals surface area contributed by atoms with E-state index in [9.17, 15) is 27.6 Å². The van der Waals surface area contributed by atoms with E-state index < -0.39 is 29.2 Å². The summed E-state index contributed by atoms with van der Waals surface area (Å²) in [6.45, 7) is 10.4. The molecule has 2 aliphatic rings. The highest BCUT2D eigenvalue weighted by Gasteiger charge is 2.32. The molecule has 1 aromatic heterocycles. The van der Waals surface area contributed by atoms with Gasteiger partial charge in [0.15, 0.2) is 0 Å². The average molecular weight is 837 g/mol. The minimum atomic E-state index is -4.53. The van der Waals surface area contributed by atoms with Gasteiger partial charge in [0, 0.05) is 49.1 Å². The van der Waals surface area contributed by atoms with E-state index in [4.69, 9.17) is 18.9 Å². The molecule has 17 heteroatoms. The fourth-order valence-corrected chi connectivity index (χ4v) is 6.22. The van der Waals surface area contributed by atoms with Gasteiger partial charge in [0.25, 0.3) is 11.8 Å². The number of anilines is 2. The molecular weight excluding hydrogens is 784 g/mol. The lowest BCUT2D eigenvalue weighted by Gasteiger charge is -2.29. The number of carbonyl (C=O) groups is 3. The van der Waals surface area contributed by atoms with E-state index in [0.717, 1.165) is 50.2 Å². The number of nitrogens with zero attached hydrogens (tertiary/aromatic N) is 6. The Morgan fingerprint density at radius 3 is 2.30 bits per heavy atom. The van der Waals surface area contributed by atoms with Crippen LogP contribution in [0.3, 0.4) is 0 Å². The van der Waals surface area contributed by atoms with Gasteiger partial charge in [-0.05, 0) is 83.5 Å². The number of likely N-dealkylation sites (N-methyl/N-ethyl adjacent to an activating group) is 1. The number of piperidine rings is 1. The normalized spacial score (nSPS) is 15.1. The van der Waals surface area contributed by atoms with Crippen molar-refractivity contribution in [2.75, 3.05) is 76.5 Å². The molecule has 0 spiro atoms. The first kappa shape index (κ1) is 45.7. The summed E-state index contributed by atoms with van der Waals surface area (Å²) >= 11 is 0. The lowest BCUT2D eigenvalue weighted by Crippen LogP contribution is -2.29. The van der Waals surface area contributed by atoms with Crippen molar-refractivity contribution < 1.29 is 51.2 Å². The predicted molar refractivity (Wildman–Crippen MR) is 219 cm³/mol. The summed E-state index contributed by atoms with van der Waals surface area (Å²) in [5, 5.41) is 7.07. The van der Waals surface area contributed by atoms with Crippen LogP contribution in [-0.4, -0.2) is 110 Å². The van der Waals surface area contributed by atoms with Crippen LogP contribution < -0.4 is 10.2 Å². The van der Waals surface area contributed by atoms with Gasteiger partial charge in [-0.25, -0.2) is 4.98 Å². The number of amides is 2. The second-order valence-electron chi connectivity index (χ2n) is 15.2. The number of benzene rings is 2. The first-order chi connectivity index (χ1) is 28.6. The monoisotopic (exact) mass is 836 g/mol. The van der Waals surface area contributed by atoms with Gasteiger partial charge in [0.05, 0.1) is 74.6 Å². The number of carbonyl (C=O) groups excluding carboxylic acids is 3. The molecule has 1 saturated heterocycles. The number of rotatable bonds is 19. The number of amidine groups is 1. The van der Waals surface area contributed by atoms with Crippen molar-refractivity contribution in [1.82, 2.24) is 9.88 Å². The smallest absolute Gasteiger partial charge is 0.416 e. The third-order valence-corrected chi connectivity index (χ3v) is 9.14. The molecule has 60 heavy (non-hydrogen) atoms. The number of nitrogens with one attached hydrogen (secondary N) is 1. The van der Waals surface area contributed by atoms with Crippen LogP contribution in [0.15, 0.2) is 83.0 Å². The quantitative estimate of drug-likeness (QED) is 0.0736. The maximum atomic E-state index is 13.8. The van der Waals surface area contributed by atoms with Crippen LogP contribution in [0.1, 0.15) is 78.6 Å². The summed E-state index contributed by atoms with van der Waals surface area (Å²) < 4.78 is 63.1. The molecule has 1 fully saturated rings. The first-order valence-electron chi connectivity index (χ1n) is 19.9. The molecule has 3 aromatic rings. The number of hydrogen-bond acceptors (Lipinski definition) is 10. The molecule has 0 saturated carbocycles. The molecule has 0 radical (unpaired) electrons. The number of hydrogen-bond donors (Lipinski definition) is 1. The number of aliphatic imine (C=N–C) groups is 1. The summed E-state index contributed by atoms with van der Waals surface area (Å²) in [4.78, 5) is 52.0. The molecule has 2 amide bonds. The van der Waals surface area contributed by atoms with Crippen LogP contribution >= 0.6 is 0 Å². The van der Waals surface area contributed by atoms with E-state index in [2.05, 4.69) is 25.3 Å². The molecule has 0 bridgehead atoms. The van der Waals surface area contributed by atoms with Gasteiger partial charge in [0.1, 0.15) is 11.3 Å². The zero-order valence-corrected chi connectivity index (χ0v) is 34.5. The summed E-state index contributed by atoms with van der Waals surface area (Å²) in [5.41, 5.74) is 0.776. The molecule has 0 aliphatic carbocycles. The van der Waals surface area contributed by atoms with Crippen molar-refractivity contribution in [3.63, 3.8) is 0 Å². The van der Waals surface area contributed by atoms with Gasteiger partial charge in [-0.2, -0.15) is 18.2 Å². The fourth-order valence-electron chi connectivity index (χ4n) is 6.22. The fraction of sp³-hybridized carbons (Fsp3) is 0.465. The van der Waals surface area contributed by atoms with E-state index in [-0.39, 0.29) is 47.5 Å². The third-order valence-electron chi connectivity index (χ3n) is 9.14. The zero-order valence-electron chi connectivity index (χ0n) is 34.5. The number of esters is 1. The van der Waals surface area contributed by atoms with Crippen molar-refractivity contribution in [1.29, 1.82) is 0 Å². The Labute approximate surface area is 348 Å². The molecule has 322 valence electrons. The van der Waals surface area contributed by atoms with Crippen molar-refractivity contribution in [2.24, 2.45) is 10.1 Å². The average Bonchev–Trinajstić information content (AvgIpc) is 3.68. The molecule has 1 N–H and O–H groups in total. The number of pyridine rings is 1.